The van der Waals surface area contributed by atoms with Crippen LogP contribution < -0.4 is 5.32 Å². The number of aromatic nitrogens is 1. The van der Waals surface area contributed by atoms with Crippen LogP contribution in [-0.4, -0.2) is 35.6 Å². The molecule has 0 radical (unpaired) electrons. The van der Waals surface area contributed by atoms with E-state index in [0.717, 1.165) is 30.2 Å². The lowest BCUT2D eigenvalue weighted by Crippen LogP contribution is -2.38. The van der Waals surface area contributed by atoms with Crippen LogP contribution in [0.2, 0.25) is 0 Å². The van der Waals surface area contributed by atoms with Crippen LogP contribution in [0.5, 0.6) is 0 Å². The highest BCUT2D eigenvalue weighted by Crippen LogP contribution is 2.17. The summed E-state index contributed by atoms with van der Waals surface area (Å²) in [5, 5.41) is 5.90. The fourth-order valence-corrected chi connectivity index (χ4v) is 3.53. The zero-order valence-electron chi connectivity index (χ0n) is 13.9. The largest absolute Gasteiger partial charge is 0.376 e. The molecule has 128 valence electrons. The first-order valence-corrected chi connectivity index (χ1v) is 9.14. The summed E-state index contributed by atoms with van der Waals surface area (Å²) < 4.78 is 5.80. The van der Waals surface area contributed by atoms with Crippen LogP contribution in [0, 0.1) is 12.8 Å². The van der Waals surface area contributed by atoms with Gasteiger partial charge in [0.05, 0.1) is 19.8 Å². The number of thiazole rings is 1. The molecule has 24 heavy (non-hydrogen) atoms. The Labute approximate surface area is 146 Å². The van der Waals surface area contributed by atoms with Gasteiger partial charge in [-0.1, -0.05) is 30.3 Å². The number of nitrogens with zero attached hydrogens (tertiary/aromatic N) is 2. The Hall–Kier alpha value is -1.92. The van der Waals surface area contributed by atoms with E-state index < -0.39 is 0 Å². The van der Waals surface area contributed by atoms with Gasteiger partial charge in [-0.25, -0.2) is 9.78 Å². The van der Waals surface area contributed by atoms with Crippen molar-refractivity contribution in [3.8, 4) is 0 Å². The third-order valence-electron chi connectivity index (χ3n) is 4.10. The fraction of sp³-hybridized carbons (Fsp3) is 0.444. The Bertz CT molecular complexity index is 659. The van der Waals surface area contributed by atoms with Crippen molar-refractivity contribution in [2.45, 2.75) is 26.5 Å². The molecular formula is C18H23N3O2S. The molecule has 2 amide bonds. The van der Waals surface area contributed by atoms with Crippen molar-refractivity contribution in [1.29, 1.82) is 0 Å². The zero-order chi connectivity index (χ0) is 16.8. The van der Waals surface area contributed by atoms with Crippen LogP contribution in [0.15, 0.2) is 35.7 Å². The van der Waals surface area contributed by atoms with Crippen molar-refractivity contribution in [2.75, 3.05) is 19.7 Å². The first-order valence-electron chi connectivity index (χ1n) is 8.26. The van der Waals surface area contributed by atoms with E-state index in [-0.39, 0.29) is 6.03 Å². The highest BCUT2D eigenvalue weighted by Gasteiger charge is 2.26. The SMILES string of the molecule is Cc1csc(CNC(=O)N2CC[C@@H](COCc3ccccc3)C2)n1. The minimum Gasteiger partial charge on any atom is -0.376 e. The fourth-order valence-electron chi connectivity index (χ4n) is 2.82. The molecule has 1 aromatic heterocycles. The quantitative estimate of drug-likeness (QED) is 0.875. The average molecular weight is 345 g/mol. The molecule has 1 fully saturated rings. The highest BCUT2D eigenvalue weighted by atomic mass is 32.1. The lowest BCUT2D eigenvalue weighted by molar-refractivity contribution is 0.0897. The molecular weight excluding hydrogens is 322 g/mol. The number of carbonyl (C=O) groups is 1. The number of carbonyl (C=O) groups excluding carboxylic acids is 1. The van der Waals surface area contributed by atoms with Gasteiger partial charge in [-0.2, -0.15) is 0 Å². The van der Waals surface area contributed by atoms with Crippen molar-refractivity contribution in [3.05, 3.63) is 52.0 Å². The molecule has 0 saturated carbocycles. The van der Waals surface area contributed by atoms with Crippen molar-refractivity contribution < 1.29 is 9.53 Å². The summed E-state index contributed by atoms with van der Waals surface area (Å²) in [6.07, 6.45) is 0.999. The van der Waals surface area contributed by atoms with E-state index in [0.29, 0.717) is 25.7 Å². The van der Waals surface area contributed by atoms with E-state index in [4.69, 9.17) is 4.74 Å². The molecule has 5 nitrogen and oxygen atoms in total. The molecule has 0 spiro atoms. The first kappa shape index (κ1) is 16.9. The number of urea groups is 1. The van der Waals surface area contributed by atoms with E-state index in [1.807, 2.05) is 35.4 Å². The van der Waals surface area contributed by atoms with Gasteiger partial charge in [0.25, 0.3) is 0 Å². The Morgan fingerprint density at radius 2 is 2.25 bits per heavy atom. The molecule has 1 saturated heterocycles. The molecule has 2 aromatic rings. The van der Waals surface area contributed by atoms with Gasteiger partial charge in [0.2, 0.25) is 0 Å². The number of hydrogen-bond acceptors (Lipinski definition) is 4. The minimum absolute atomic E-state index is 0.00610. The van der Waals surface area contributed by atoms with E-state index in [1.165, 1.54) is 5.56 Å². The van der Waals surface area contributed by atoms with Crippen LogP contribution in [0.25, 0.3) is 0 Å². The normalized spacial score (nSPS) is 17.2. The van der Waals surface area contributed by atoms with Gasteiger partial charge < -0.3 is 15.0 Å². The number of ether oxygens (including phenoxy) is 1. The molecule has 6 heteroatoms. The number of likely N-dealkylation sites (tertiary alicyclic amines) is 1. The van der Waals surface area contributed by atoms with Gasteiger partial charge in [-0.05, 0) is 18.9 Å². The number of hydrogen-bond donors (Lipinski definition) is 1. The molecule has 3 rings (SSSR count). The molecule has 1 atom stereocenters. The molecule has 1 aromatic carbocycles. The monoisotopic (exact) mass is 345 g/mol. The molecule has 0 aliphatic carbocycles. The van der Waals surface area contributed by atoms with Crippen molar-refractivity contribution in [3.63, 3.8) is 0 Å². The number of aryl methyl sites for hydroxylation is 1. The Morgan fingerprint density at radius 1 is 1.42 bits per heavy atom. The number of rotatable bonds is 6. The van der Waals surface area contributed by atoms with E-state index in [1.54, 1.807) is 11.3 Å². The zero-order valence-corrected chi connectivity index (χ0v) is 14.7. The molecule has 2 heterocycles. The van der Waals surface area contributed by atoms with Crippen LogP contribution in [0.1, 0.15) is 22.7 Å². The summed E-state index contributed by atoms with van der Waals surface area (Å²) in [4.78, 5) is 18.4. The Morgan fingerprint density at radius 3 is 3.00 bits per heavy atom. The van der Waals surface area contributed by atoms with Gasteiger partial charge in [0, 0.05) is 30.1 Å². The molecule has 0 bridgehead atoms. The van der Waals surface area contributed by atoms with Crippen LogP contribution in [0.4, 0.5) is 4.79 Å². The first-order chi connectivity index (χ1) is 11.7. The van der Waals surface area contributed by atoms with Crippen molar-refractivity contribution >= 4 is 17.4 Å². The molecule has 1 aliphatic heterocycles. The summed E-state index contributed by atoms with van der Waals surface area (Å²) in [5.41, 5.74) is 2.19. The number of amides is 2. The standard InChI is InChI=1S/C18H23N3O2S/c1-14-13-24-17(20-14)9-19-18(22)21-8-7-16(10-21)12-23-11-15-5-3-2-4-6-15/h2-6,13,16H,7-12H2,1H3,(H,19,22)/t16-/m1/s1. The summed E-state index contributed by atoms with van der Waals surface area (Å²) in [5.74, 6) is 0.418. The summed E-state index contributed by atoms with van der Waals surface area (Å²) in [6.45, 7) is 5.35. The highest BCUT2D eigenvalue weighted by molar-refractivity contribution is 7.09. The predicted molar refractivity (Wildman–Crippen MR) is 94.9 cm³/mol. The smallest absolute Gasteiger partial charge is 0.317 e. The predicted octanol–water partition coefficient (Wildman–Crippen LogP) is 3.20. The number of nitrogens with one attached hydrogen (secondary N) is 1. The van der Waals surface area contributed by atoms with Crippen molar-refractivity contribution in [2.24, 2.45) is 5.92 Å². The molecule has 0 unspecified atom stereocenters. The third kappa shape index (κ3) is 4.79. The van der Waals surface area contributed by atoms with Crippen molar-refractivity contribution in [1.82, 2.24) is 15.2 Å². The van der Waals surface area contributed by atoms with Gasteiger partial charge in [-0.15, -0.1) is 11.3 Å². The van der Waals surface area contributed by atoms with E-state index in [9.17, 15) is 4.79 Å². The average Bonchev–Trinajstić information content (AvgIpc) is 3.23. The molecule has 1 N–H and O–H groups in total. The van der Waals surface area contributed by atoms with Gasteiger partial charge in [0.15, 0.2) is 0 Å². The number of benzene rings is 1. The maximum absolute atomic E-state index is 12.2. The maximum Gasteiger partial charge on any atom is 0.317 e. The summed E-state index contributed by atoms with van der Waals surface area (Å²) in [7, 11) is 0. The summed E-state index contributed by atoms with van der Waals surface area (Å²) >= 11 is 1.58. The van der Waals surface area contributed by atoms with Gasteiger partial charge in [-0.3, -0.25) is 0 Å². The van der Waals surface area contributed by atoms with E-state index >= 15 is 0 Å². The topological polar surface area (TPSA) is 54.5 Å². The maximum atomic E-state index is 12.2. The Balaban J connectivity index is 1.36. The molecule has 1 aliphatic rings. The van der Waals surface area contributed by atoms with Gasteiger partial charge >= 0.3 is 6.03 Å². The summed E-state index contributed by atoms with van der Waals surface area (Å²) in [6, 6.07) is 10.2. The van der Waals surface area contributed by atoms with E-state index in [2.05, 4.69) is 22.4 Å². The van der Waals surface area contributed by atoms with Crippen LogP contribution in [-0.2, 0) is 17.9 Å². The van der Waals surface area contributed by atoms with Crippen LogP contribution in [0.3, 0.4) is 0 Å². The lowest BCUT2D eigenvalue weighted by atomic mass is 10.1. The Kier molecular flexibility index (Phi) is 5.82. The second-order valence-corrected chi connectivity index (χ2v) is 7.09. The van der Waals surface area contributed by atoms with Gasteiger partial charge in [0.1, 0.15) is 5.01 Å². The third-order valence-corrected chi connectivity index (χ3v) is 5.06. The minimum atomic E-state index is -0.00610. The second kappa shape index (κ2) is 8.26. The second-order valence-electron chi connectivity index (χ2n) is 6.14. The lowest BCUT2D eigenvalue weighted by Gasteiger charge is -2.17. The van der Waals surface area contributed by atoms with Crippen LogP contribution >= 0.6 is 11.3 Å².